The third-order valence-corrected chi connectivity index (χ3v) is 10.3. The molecular formula is C50H55N5O8. The number of hydrogen-bond acceptors (Lipinski definition) is 8. The lowest BCUT2D eigenvalue weighted by Crippen LogP contribution is -2.62. The molecule has 13 nitrogen and oxygen atoms in total. The largest absolute Gasteiger partial charge is 0.459 e. The van der Waals surface area contributed by atoms with Crippen LogP contribution >= 0.6 is 0 Å². The number of nitrogens with one attached hydrogen (secondary N) is 5. The average molecular weight is 854 g/mol. The van der Waals surface area contributed by atoms with Crippen LogP contribution in [0.15, 0.2) is 152 Å². The van der Waals surface area contributed by atoms with E-state index in [-0.39, 0.29) is 6.61 Å². The molecule has 0 saturated carbocycles. The molecule has 328 valence electrons. The lowest BCUT2D eigenvalue weighted by Gasteiger charge is -2.38. The maximum atomic E-state index is 14.4. The summed E-state index contributed by atoms with van der Waals surface area (Å²) >= 11 is 0. The molecule has 0 aromatic heterocycles. The quantitative estimate of drug-likeness (QED) is 0.0676. The number of alkyl carbamates (subject to hydrolysis) is 1. The fourth-order valence-corrected chi connectivity index (χ4v) is 7.42. The van der Waals surface area contributed by atoms with E-state index < -0.39 is 83.8 Å². The van der Waals surface area contributed by atoms with Gasteiger partial charge in [0.2, 0.25) is 23.6 Å². The van der Waals surface area contributed by atoms with E-state index in [1.165, 1.54) is 0 Å². The van der Waals surface area contributed by atoms with Gasteiger partial charge in [0, 0.05) is 11.8 Å². The van der Waals surface area contributed by atoms with Crippen LogP contribution in [0.1, 0.15) is 74.3 Å². The fraction of sp³-hybridized carbons (Fsp3) is 0.280. The topological polar surface area (TPSA) is 181 Å². The van der Waals surface area contributed by atoms with Gasteiger partial charge in [-0.05, 0) is 62.4 Å². The lowest BCUT2D eigenvalue weighted by atomic mass is 9.75. The van der Waals surface area contributed by atoms with Crippen molar-refractivity contribution >= 4 is 35.7 Å². The summed E-state index contributed by atoms with van der Waals surface area (Å²) in [5.74, 6) is -4.95. The Bertz CT molecular complexity index is 2230. The van der Waals surface area contributed by atoms with Crippen molar-refractivity contribution in [2.24, 2.45) is 0 Å². The Balaban J connectivity index is 1.33. The molecule has 5 aromatic rings. The number of esters is 1. The number of carbonyl (C=O) groups is 6. The van der Waals surface area contributed by atoms with Gasteiger partial charge >= 0.3 is 12.1 Å². The van der Waals surface area contributed by atoms with Gasteiger partial charge < -0.3 is 36.1 Å². The Hall–Kier alpha value is -7.28. The van der Waals surface area contributed by atoms with Gasteiger partial charge in [-0.15, -0.1) is 0 Å². The third-order valence-electron chi connectivity index (χ3n) is 10.3. The van der Waals surface area contributed by atoms with E-state index in [1.807, 2.05) is 152 Å². The number of amides is 5. The molecule has 0 saturated heterocycles. The van der Waals surface area contributed by atoms with Crippen molar-refractivity contribution < 1.29 is 38.2 Å². The molecule has 0 fully saturated rings. The summed E-state index contributed by atoms with van der Waals surface area (Å²) in [4.78, 5) is 81.9. The maximum Gasteiger partial charge on any atom is 0.408 e. The highest BCUT2D eigenvalue weighted by Crippen LogP contribution is 2.37. The Morgan fingerprint density at radius 1 is 0.460 bits per heavy atom. The van der Waals surface area contributed by atoms with Gasteiger partial charge in [-0.3, -0.25) is 24.0 Å². The first-order chi connectivity index (χ1) is 30.1. The monoisotopic (exact) mass is 853 g/mol. The van der Waals surface area contributed by atoms with Crippen LogP contribution in [0, 0.1) is 0 Å². The van der Waals surface area contributed by atoms with E-state index >= 15 is 0 Å². The van der Waals surface area contributed by atoms with Gasteiger partial charge in [0.15, 0.2) is 0 Å². The first-order valence-corrected chi connectivity index (χ1v) is 20.6. The van der Waals surface area contributed by atoms with Crippen molar-refractivity contribution in [3.05, 3.63) is 179 Å². The number of ether oxygens (including phenoxy) is 2. The number of rotatable bonds is 18. The molecule has 0 radical (unpaired) electrons. The predicted octanol–water partition coefficient (Wildman–Crippen LogP) is 5.90. The fourth-order valence-electron chi connectivity index (χ4n) is 7.42. The highest BCUT2D eigenvalue weighted by molar-refractivity contribution is 5.97. The van der Waals surface area contributed by atoms with Gasteiger partial charge in [0.05, 0.1) is 13.1 Å². The van der Waals surface area contributed by atoms with Crippen molar-refractivity contribution in [3.63, 3.8) is 0 Å². The van der Waals surface area contributed by atoms with Crippen LogP contribution in [0.3, 0.4) is 0 Å². The van der Waals surface area contributed by atoms with Gasteiger partial charge in [-0.25, -0.2) is 4.79 Å². The van der Waals surface area contributed by atoms with Crippen molar-refractivity contribution in [2.75, 3.05) is 19.6 Å². The minimum atomic E-state index is -1.70. The van der Waals surface area contributed by atoms with Crippen LogP contribution in [-0.2, 0) is 40.1 Å². The zero-order chi connectivity index (χ0) is 45.5. The van der Waals surface area contributed by atoms with Crippen molar-refractivity contribution in [2.45, 2.75) is 69.7 Å². The molecule has 5 N–H and O–H groups in total. The van der Waals surface area contributed by atoms with E-state index in [2.05, 4.69) is 26.6 Å². The zero-order valence-electron chi connectivity index (χ0n) is 36.2. The molecule has 63 heavy (non-hydrogen) atoms. The smallest absolute Gasteiger partial charge is 0.408 e. The summed E-state index contributed by atoms with van der Waals surface area (Å²) in [6, 6.07) is 45.7. The second-order valence-electron chi connectivity index (χ2n) is 16.4. The van der Waals surface area contributed by atoms with Gasteiger partial charge in [0.1, 0.15) is 29.8 Å². The van der Waals surface area contributed by atoms with Crippen LogP contribution in [0.4, 0.5) is 4.79 Å². The summed E-state index contributed by atoms with van der Waals surface area (Å²) in [6.45, 7) is 6.61. The Morgan fingerprint density at radius 2 is 0.825 bits per heavy atom. The summed E-state index contributed by atoms with van der Waals surface area (Å²) < 4.78 is 11.0. The summed E-state index contributed by atoms with van der Waals surface area (Å²) in [5.41, 5.74) is -0.602. The average Bonchev–Trinajstić information content (AvgIpc) is 3.27. The molecule has 0 aliphatic carbocycles. The van der Waals surface area contributed by atoms with Gasteiger partial charge in [0.25, 0.3) is 0 Å². The number of benzene rings is 5. The summed E-state index contributed by atoms with van der Waals surface area (Å²) in [5, 5.41) is 13.5. The van der Waals surface area contributed by atoms with E-state index in [1.54, 1.807) is 34.6 Å². The zero-order valence-corrected chi connectivity index (χ0v) is 36.2. The summed E-state index contributed by atoms with van der Waals surface area (Å²) in [6.07, 6.45) is -0.850. The molecule has 13 heteroatoms. The third kappa shape index (κ3) is 13.1. The van der Waals surface area contributed by atoms with Crippen LogP contribution in [0.25, 0.3) is 0 Å². The van der Waals surface area contributed by atoms with E-state index in [4.69, 9.17) is 9.47 Å². The maximum absolute atomic E-state index is 14.4. The number of carbonyl (C=O) groups excluding carboxylic acids is 6. The van der Waals surface area contributed by atoms with Crippen molar-refractivity contribution in [3.8, 4) is 0 Å². The summed E-state index contributed by atoms with van der Waals surface area (Å²) in [7, 11) is 0. The second kappa shape index (κ2) is 21.5. The molecule has 0 aliphatic heterocycles. The number of hydrogen-bond donors (Lipinski definition) is 5. The molecule has 5 aromatic carbocycles. The Labute approximate surface area is 368 Å². The van der Waals surface area contributed by atoms with E-state index in [9.17, 15) is 28.8 Å². The Kier molecular flexibility index (Phi) is 16.0. The first-order valence-electron chi connectivity index (χ1n) is 20.6. The molecular weight excluding hydrogens is 799 g/mol. The molecule has 0 heterocycles. The highest BCUT2D eigenvalue weighted by Gasteiger charge is 2.46. The Morgan fingerprint density at radius 3 is 1.24 bits per heavy atom. The minimum absolute atomic E-state index is 0.0436. The lowest BCUT2D eigenvalue weighted by molar-refractivity contribution is -0.155. The molecule has 0 aliphatic rings. The van der Waals surface area contributed by atoms with Crippen molar-refractivity contribution in [1.29, 1.82) is 0 Å². The molecule has 0 bridgehead atoms. The normalized spacial score (nSPS) is 13.1. The highest BCUT2D eigenvalue weighted by atomic mass is 16.6. The molecule has 0 unspecified atom stereocenters. The van der Waals surface area contributed by atoms with Crippen molar-refractivity contribution in [1.82, 2.24) is 26.6 Å². The second-order valence-corrected chi connectivity index (χ2v) is 16.4. The predicted molar refractivity (Wildman–Crippen MR) is 239 cm³/mol. The minimum Gasteiger partial charge on any atom is -0.459 e. The molecule has 0 spiro atoms. The van der Waals surface area contributed by atoms with Crippen LogP contribution < -0.4 is 26.6 Å². The molecule has 2 atom stereocenters. The standard InChI is InChI=1S/C50H55N5O8/c1-48(2,3)63-42(58)33-53-45(59)49(4,43(36-23-13-7-14-24-36)37-25-15-8-16-26-37)54-41(57)32-51-40(56)31-52-46(60)50(5,55-47(61)62-34-35-21-11-6-12-22-35)44(38-27-17-9-18-28-38)39-29-19-10-20-30-39/h6-30,43-44H,31-34H2,1-5H3,(H,51,56)(H,52,60)(H,53,59)(H,54,57)(H,55,61)/t49-,50-/m0/s1. The molecule has 5 rings (SSSR count). The van der Waals surface area contributed by atoms with Crippen LogP contribution in [0.5, 0.6) is 0 Å². The van der Waals surface area contributed by atoms with E-state index in [0.717, 1.165) is 5.56 Å². The van der Waals surface area contributed by atoms with Crippen LogP contribution in [0.2, 0.25) is 0 Å². The SMILES string of the molecule is CC(C)(C)OC(=O)CNC(=O)[C@@](C)(NC(=O)CNC(=O)CNC(=O)[C@@](C)(NC(=O)OCc1ccccc1)C(c1ccccc1)c1ccccc1)C(c1ccccc1)c1ccccc1. The van der Waals surface area contributed by atoms with Gasteiger partial charge in [-0.2, -0.15) is 0 Å². The van der Waals surface area contributed by atoms with E-state index in [0.29, 0.717) is 22.3 Å². The van der Waals surface area contributed by atoms with Gasteiger partial charge in [-0.1, -0.05) is 152 Å². The molecule has 5 amide bonds. The van der Waals surface area contributed by atoms with Crippen LogP contribution in [-0.4, -0.2) is 72.0 Å². The first kappa shape index (κ1) is 46.8.